The van der Waals surface area contributed by atoms with Crippen LogP contribution in [0.25, 0.3) is 0 Å². The molecule has 0 bridgehead atoms. The third-order valence-corrected chi connectivity index (χ3v) is 6.31. The van der Waals surface area contributed by atoms with Crippen LogP contribution in [0.15, 0.2) is 48.6 Å². The number of hydrogen-bond donors (Lipinski definition) is 0. The van der Waals surface area contributed by atoms with Gasteiger partial charge in [-0.25, -0.2) is 0 Å². The zero-order valence-corrected chi connectivity index (χ0v) is 18.2. The molecular weight excluding hydrogens is 408 g/mol. The Labute approximate surface area is 186 Å². The van der Waals surface area contributed by atoms with Crippen LogP contribution >= 0.6 is 0 Å². The van der Waals surface area contributed by atoms with Crippen molar-refractivity contribution < 1.29 is 23.9 Å². The van der Waals surface area contributed by atoms with E-state index in [-0.39, 0.29) is 17.6 Å². The molecule has 1 aromatic heterocycles. The fourth-order valence-electron chi connectivity index (χ4n) is 4.52. The number of hydrogen-bond acceptors (Lipinski definition) is 5. The molecule has 2 aromatic rings. The number of carbonyl (C=O) groups is 4. The molecule has 4 rings (SSSR count). The Balaban J connectivity index is 1.36. The molecule has 1 fully saturated rings. The van der Waals surface area contributed by atoms with E-state index in [1.807, 2.05) is 60.9 Å². The third kappa shape index (κ3) is 4.15. The van der Waals surface area contributed by atoms with Crippen molar-refractivity contribution in [3.8, 4) is 0 Å². The predicted octanol–water partition coefficient (Wildman–Crippen LogP) is 2.83. The molecule has 166 valence electrons. The van der Waals surface area contributed by atoms with Crippen molar-refractivity contribution >= 4 is 23.6 Å². The molecule has 1 aliphatic carbocycles. The molecule has 0 N–H and O–H groups in total. The summed E-state index contributed by atoms with van der Waals surface area (Å²) in [4.78, 5) is 50.9. The number of benzene rings is 1. The minimum atomic E-state index is -0.759. The standard InChI is InChI=1S/C25H26N2O5/c1-16-12-21(17(2)26(16)13-18-8-4-3-5-9-18)22(28)15-32-23(29)14-27-24(30)19-10-6-7-11-20(19)25(27)31/h3-9,12,19-20H,10-11,13-15H2,1-2H3. The number of carbonyl (C=O) groups excluding carboxylic acids is 4. The Morgan fingerprint density at radius 1 is 1.00 bits per heavy atom. The van der Waals surface area contributed by atoms with E-state index in [0.29, 0.717) is 24.9 Å². The fourth-order valence-corrected chi connectivity index (χ4v) is 4.52. The lowest BCUT2D eigenvalue weighted by molar-refractivity contribution is -0.152. The van der Waals surface area contributed by atoms with Crippen molar-refractivity contribution in [3.05, 3.63) is 71.1 Å². The predicted molar refractivity (Wildman–Crippen MR) is 117 cm³/mol. The molecule has 2 aliphatic rings. The summed E-state index contributed by atoms with van der Waals surface area (Å²) in [5.41, 5.74) is 3.35. The van der Waals surface area contributed by atoms with Crippen molar-refractivity contribution in [3.63, 3.8) is 0 Å². The van der Waals surface area contributed by atoms with Gasteiger partial charge >= 0.3 is 5.97 Å². The molecule has 1 aliphatic heterocycles. The Morgan fingerprint density at radius 3 is 2.25 bits per heavy atom. The SMILES string of the molecule is Cc1cc(C(=O)COC(=O)CN2C(=O)C3CC=CCC3C2=O)c(C)n1Cc1ccccc1. The summed E-state index contributed by atoms with van der Waals surface area (Å²) in [7, 11) is 0. The highest BCUT2D eigenvalue weighted by Gasteiger charge is 2.47. The van der Waals surface area contributed by atoms with E-state index >= 15 is 0 Å². The number of likely N-dealkylation sites (tertiary alicyclic amines) is 1. The van der Waals surface area contributed by atoms with E-state index in [2.05, 4.69) is 0 Å². The molecular formula is C25H26N2O5. The molecule has 1 aromatic carbocycles. The maximum absolute atomic E-state index is 12.7. The topological polar surface area (TPSA) is 85.7 Å². The van der Waals surface area contributed by atoms with Crippen LogP contribution in [-0.4, -0.2) is 46.2 Å². The van der Waals surface area contributed by atoms with E-state index in [9.17, 15) is 19.2 Å². The number of fused-ring (bicyclic) bond motifs is 1. The van der Waals surface area contributed by atoms with Gasteiger partial charge in [-0.3, -0.25) is 24.1 Å². The summed E-state index contributed by atoms with van der Waals surface area (Å²) < 4.78 is 7.18. The lowest BCUT2D eigenvalue weighted by Gasteiger charge is -2.14. The molecule has 7 heteroatoms. The van der Waals surface area contributed by atoms with Crippen molar-refractivity contribution in [2.24, 2.45) is 11.8 Å². The molecule has 7 nitrogen and oxygen atoms in total. The van der Waals surface area contributed by atoms with Gasteiger partial charge in [0.15, 0.2) is 6.61 Å². The summed E-state index contributed by atoms with van der Waals surface area (Å²) in [6, 6.07) is 11.7. The van der Waals surface area contributed by atoms with Gasteiger partial charge in [0.25, 0.3) is 0 Å². The van der Waals surface area contributed by atoms with Crippen molar-refractivity contribution in [1.82, 2.24) is 9.47 Å². The molecule has 0 saturated carbocycles. The number of aryl methyl sites for hydroxylation is 1. The van der Waals surface area contributed by atoms with Crippen LogP contribution in [0.3, 0.4) is 0 Å². The van der Waals surface area contributed by atoms with Crippen LogP contribution in [-0.2, 0) is 25.7 Å². The van der Waals surface area contributed by atoms with Crippen LogP contribution in [0, 0.1) is 25.7 Å². The molecule has 0 radical (unpaired) electrons. The Bertz CT molecular complexity index is 1070. The number of nitrogens with zero attached hydrogens (tertiary/aromatic N) is 2. The number of imide groups is 1. The summed E-state index contributed by atoms with van der Waals surface area (Å²) >= 11 is 0. The molecule has 0 spiro atoms. The first-order chi connectivity index (χ1) is 15.4. The summed E-state index contributed by atoms with van der Waals surface area (Å²) in [6.45, 7) is 3.55. The minimum absolute atomic E-state index is 0.317. The van der Waals surface area contributed by atoms with Crippen LogP contribution in [0.2, 0.25) is 0 Å². The number of Topliss-reactive ketones (excluding diaryl/α,β-unsaturated/α-hetero) is 1. The second kappa shape index (κ2) is 8.94. The van der Waals surface area contributed by atoms with E-state index < -0.39 is 31.0 Å². The Kier molecular flexibility index (Phi) is 6.08. The largest absolute Gasteiger partial charge is 0.456 e. The second-order valence-electron chi connectivity index (χ2n) is 8.36. The van der Waals surface area contributed by atoms with Gasteiger partial charge in [0, 0.05) is 23.5 Å². The van der Waals surface area contributed by atoms with Gasteiger partial charge in [-0.1, -0.05) is 42.5 Å². The number of esters is 1. The molecule has 2 atom stereocenters. The summed E-state index contributed by atoms with van der Waals surface area (Å²) in [6.07, 6.45) is 4.80. The first-order valence-electron chi connectivity index (χ1n) is 10.8. The highest BCUT2D eigenvalue weighted by molar-refractivity contribution is 6.07. The zero-order valence-electron chi connectivity index (χ0n) is 18.2. The van der Waals surface area contributed by atoms with Crippen molar-refractivity contribution in [2.75, 3.05) is 13.2 Å². The quantitative estimate of drug-likeness (QED) is 0.290. The normalized spacial score (nSPS) is 19.9. The first-order valence-corrected chi connectivity index (χ1v) is 10.8. The number of rotatable bonds is 7. The average Bonchev–Trinajstić information content (AvgIpc) is 3.21. The lowest BCUT2D eigenvalue weighted by atomic mass is 9.85. The van der Waals surface area contributed by atoms with Crippen LogP contribution in [0.5, 0.6) is 0 Å². The molecule has 32 heavy (non-hydrogen) atoms. The molecule has 2 heterocycles. The van der Waals surface area contributed by atoms with Gasteiger partial charge in [0.1, 0.15) is 6.54 Å². The Morgan fingerprint density at radius 2 is 1.62 bits per heavy atom. The number of ether oxygens (including phenoxy) is 1. The van der Waals surface area contributed by atoms with Gasteiger partial charge in [0.2, 0.25) is 17.6 Å². The fraction of sp³-hybridized carbons (Fsp3) is 0.360. The summed E-state index contributed by atoms with van der Waals surface area (Å²) in [5, 5.41) is 0. The second-order valence-corrected chi connectivity index (χ2v) is 8.36. The molecule has 2 unspecified atom stereocenters. The monoisotopic (exact) mass is 434 g/mol. The third-order valence-electron chi connectivity index (χ3n) is 6.31. The smallest absolute Gasteiger partial charge is 0.326 e. The van der Waals surface area contributed by atoms with E-state index in [1.165, 1.54) is 0 Å². The van der Waals surface area contributed by atoms with Crippen LogP contribution < -0.4 is 0 Å². The van der Waals surface area contributed by atoms with Crippen molar-refractivity contribution in [1.29, 1.82) is 0 Å². The van der Waals surface area contributed by atoms with E-state index in [4.69, 9.17) is 4.74 Å². The highest BCUT2D eigenvalue weighted by Crippen LogP contribution is 2.34. The maximum atomic E-state index is 12.7. The summed E-state index contributed by atoms with van der Waals surface area (Å²) in [5.74, 6) is -2.53. The van der Waals surface area contributed by atoms with Gasteiger partial charge < -0.3 is 9.30 Å². The molecule has 2 amide bonds. The maximum Gasteiger partial charge on any atom is 0.326 e. The lowest BCUT2D eigenvalue weighted by Crippen LogP contribution is -2.37. The van der Waals surface area contributed by atoms with Gasteiger partial charge in [-0.2, -0.15) is 0 Å². The average molecular weight is 434 g/mol. The van der Waals surface area contributed by atoms with E-state index in [0.717, 1.165) is 21.9 Å². The number of amides is 2. The van der Waals surface area contributed by atoms with Crippen LogP contribution in [0.4, 0.5) is 0 Å². The Hall–Kier alpha value is -3.48. The van der Waals surface area contributed by atoms with E-state index in [1.54, 1.807) is 6.07 Å². The minimum Gasteiger partial charge on any atom is -0.456 e. The van der Waals surface area contributed by atoms with Crippen LogP contribution in [0.1, 0.15) is 40.2 Å². The first kappa shape index (κ1) is 21.7. The van der Waals surface area contributed by atoms with Gasteiger partial charge in [-0.05, 0) is 38.3 Å². The van der Waals surface area contributed by atoms with Gasteiger partial charge in [-0.15, -0.1) is 0 Å². The zero-order chi connectivity index (χ0) is 22.8. The highest BCUT2D eigenvalue weighted by atomic mass is 16.5. The number of aromatic nitrogens is 1. The van der Waals surface area contributed by atoms with Gasteiger partial charge in [0.05, 0.1) is 11.8 Å². The number of allylic oxidation sites excluding steroid dienone is 2. The van der Waals surface area contributed by atoms with Crippen molar-refractivity contribution in [2.45, 2.75) is 33.2 Å². The number of ketones is 1. The molecule has 1 saturated heterocycles.